The average molecular weight is 384 g/mol. The molecule has 3 rings (SSSR count). The van der Waals surface area contributed by atoms with E-state index in [2.05, 4.69) is 33.9 Å². The van der Waals surface area contributed by atoms with Gasteiger partial charge in [0.2, 0.25) is 6.41 Å². The molecule has 0 saturated heterocycles. The van der Waals surface area contributed by atoms with Crippen LogP contribution in [0.5, 0.6) is 0 Å². The van der Waals surface area contributed by atoms with Gasteiger partial charge in [-0.2, -0.15) is 0 Å². The molecule has 1 atom stereocenters. The highest BCUT2D eigenvalue weighted by Gasteiger charge is 2.42. The predicted molar refractivity (Wildman–Crippen MR) is 110 cm³/mol. The van der Waals surface area contributed by atoms with E-state index in [1.807, 2.05) is 36.4 Å². The number of rotatable bonds is 4. The Labute approximate surface area is 161 Å². The molecule has 0 spiro atoms. The minimum atomic E-state index is -2.16. The van der Waals surface area contributed by atoms with Gasteiger partial charge in [0.1, 0.15) is 5.82 Å². The fourth-order valence-corrected chi connectivity index (χ4v) is 4.09. The molecule has 2 aromatic rings. The van der Waals surface area contributed by atoms with E-state index in [9.17, 15) is 9.18 Å². The second-order valence-corrected chi connectivity index (χ2v) is 13.2. The molecule has 0 saturated carbocycles. The molecule has 1 aliphatic heterocycles. The first-order chi connectivity index (χ1) is 12.6. The molecule has 0 fully saturated rings. The molecule has 3 nitrogen and oxygen atoms in total. The fourth-order valence-electron chi connectivity index (χ4n) is 2.93. The quantitative estimate of drug-likeness (QED) is 0.492. The normalized spacial score (nSPS) is 17.3. The zero-order valence-corrected chi connectivity index (χ0v) is 17.5. The van der Waals surface area contributed by atoms with Crippen LogP contribution < -0.4 is 0 Å². The van der Waals surface area contributed by atoms with Crippen molar-refractivity contribution in [3.8, 4) is 0 Å². The minimum Gasteiger partial charge on any atom is -0.393 e. The zero-order chi connectivity index (χ0) is 19.8. The largest absolute Gasteiger partial charge is 0.393 e. The number of benzene rings is 2. The molecule has 1 amide bonds. The first kappa shape index (κ1) is 19.5. The number of carbonyl (C=O) groups excluding carboxylic acids is 1. The van der Waals surface area contributed by atoms with E-state index in [1.54, 1.807) is 11.0 Å². The third kappa shape index (κ3) is 3.75. The summed E-state index contributed by atoms with van der Waals surface area (Å²) in [7, 11) is -2.16. The zero-order valence-electron chi connectivity index (χ0n) is 16.5. The van der Waals surface area contributed by atoms with Crippen molar-refractivity contribution in [1.82, 2.24) is 4.90 Å². The van der Waals surface area contributed by atoms with Gasteiger partial charge < -0.3 is 4.43 Å². The summed E-state index contributed by atoms with van der Waals surface area (Å²) >= 11 is 0. The first-order valence-corrected chi connectivity index (χ1v) is 12.0. The van der Waals surface area contributed by atoms with Crippen LogP contribution in [0.2, 0.25) is 18.1 Å². The lowest BCUT2D eigenvalue weighted by atomic mass is 9.97. The molecule has 142 valence electrons. The SMILES string of the molecule is CC(C)(C)[Si](C)(C)OC1c2ccccc2C=C(c2cccc(F)c2)N1C=O. The minimum absolute atomic E-state index is 0.00330. The Hall–Kier alpha value is -2.24. The van der Waals surface area contributed by atoms with Gasteiger partial charge in [0, 0.05) is 11.1 Å². The van der Waals surface area contributed by atoms with Crippen molar-refractivity contribution in [2.45, 2.75) is 45.1 Å². The molecule has 0 bridgehead atoms. The van der Waals surface area contributed by atoms with Crippen LogP contribution in [-0.2, 0) is 9.22 Å². The lowest BCUT2D eigenvalue weighted by molar-refractivity contribution is -0.121. The average Bonchev–Trinajstić information content (AvgIpc) is 2.60. The van der Waals surface area contributed by atoms with Crippen molar-refractivity contribution in [3.05, 3.63) is 71.0 Å². The van der Waals surface area contributed by atoms with Gasteiger partial charge in [0.15, 0.2) is 14.5 Å². The molecule has 27 heavy (non-hydrogen) atoms. The fraction of sp³-hybridized carbons (Fsp3) is 0.318. The lowest BCUT2D eigenvalue weighted by Gasteiger charge is -2.44. The number of fused-ring (bicyclic) bond motifs is 1. The highest BCUT2D eigenvalue weighted by Crippen LogP contribution is 2.44. The molecule has 0 N–H and O–H groups in total. The summed E-state index contributed by atoms with van der Waals surface area (Å²) in [6, 6.07) is 14.2. The van der Waals surface area contributed by atoms with Gasteiger partial charge in [0.05, 0.1) is 5.70 Å². The van der Waals surface area contributed by atoms with E-state index in [0.717, 1.165) is 17.5 Å². The maximum absolute atomic E-state index is 13.8. The predicted octanol–water partition coefficient (Wildman–Crippen LogP) is 5.82. The molecular weight excluding hydrogens is 357 g/mol. The number of hydrogen-bond donors (Lipinski definition) is 0. The van der Waals surface area contributed by atoms with Crippen LogP contribution in [0.15, 0.2) is 48.5 Å². The summed E-state index contributed by atoms with van der Waals surface area (Å²) in [5, 5.41) is -0.00330. The summed E-state index contributed by atoms with van der Waals surface area (Å²) < 4.78 is 20.5. The maximum atomic E-state index is 13.8. The molecule has 1 heterocycles. The van der Waals surface area contributed by atoms with E-state index in [4.69, 9.17) is 4.43 Å². The molecule has 1 unspecified atom stereocenters. The van der Waals surface area contributed by atoms with Crippen molar-refractivity contribution < 1.29 is 13.6 Å². The van der Waals surface area contributed by atoms with Crippen LogP contribution in [0.25, 0.3) is 11.8 Å². The van der Waals surface area contributed by atoms with Gasteiger partial charge >= 0.3 is 0 Å². The Bertz CT molecular complexity index is 886. The van der Waals surface area contributed by atoms with E-state index < -0.39 is 14.5 Å². The Morgan fingerprint density at radius 3 is 2.44 bits per heavy atom. The summed E-state index contributed by atoms with van der Waals surface area (Å²) in [6.45, 7) is 10.8. The summed E-state index contributed by atoms with van der Waals surface area (Å²) in [6.07, 6.45) is 2.18. The van der Waals surface area contributed by atoms with Crippen LogP contribution in [0.4, 0.5) is 4.39 Å². The second kappa shape index (κ2) is 7.06. The van der Waals surface area contributed by atoms with Crippen molar-refractivity contribution in [2.24, 2.45) is 0 Å². The van der Waals surface area contributed by atoms with Crippen molar-refractivity contribution in [1.29, 1.82) is 0 Å². The van der Waals surface area contributed by atoms with E-state index >= 15 is 0 Å². The Balaban J connectivity index is 2.13. The van der Waals surface area contributed by atoms with Crippen LogP contribution >= 0.6 is 0 Å². The summed E-state index contributed by atoms with van der Waals surface area (Å²) in [5.74, 6) is -0.333. The van der Waals surface area contributed by atoms with Crippen LogP contribution in [0.3, 0.4) is 0 Å². The Morgan fingerprint density at radius 2 is 1.81 bits per heavy atom. The highest BCUT2D eigenvalue weighted by molar-refractivity contribution is 6.74. The molecule has 0 aliphatic carbocycles. The lowest BCUT2D eigenvalue weighted by Crippen LogP contribution is -2.45. The monoisotopic (exact) mass is 383 g/mol. The summed E-state index contributed by atoms with van der Waals surface area (Å²) in [5.41, 5.74) is 3.24. The number of amides is 1. The van der Waals surface area contributed by atoms with Gasteiger partial charge in [-0.3, -0.25) is 9.69 Å². The molecule has 2 aromatic carbocycles. The van der Waals surface area contributed by atoms with Crippen molar-refractivity contribution in [3.63, 3.8) is 0 Å². The smallest absolute Gasteiger partial charge is 0.216 e. The number of halogens is 1. The maximum Gasteiger partial charge on any atom is 0.216 e. The van der Waals surface area contributed by atoms with E-state index in [-0.39, 0.29) is 10.9 Å². The molecule has 0 aromatic heterocycles. The van der Waals surface area contributed by atoms with Gasteiger partial charge in [-0.1, -0.05) is 57.2 Å². The number of hydrogen-bond acceptors (Lipinski definition) is 2. The van der Waals surface area contributed by atoms with E-state index in [0.29, 0.717) is 11.3 Å². The van der Waals surface area contributed by atoms with Crippen molar-refractivity contribution >= 4 is 26.5 Å². The number of carbonyl (C=O) groups is 1. The van der Waals surface area contributed by atoms with Crippen LogP contribution in [0, 0.1) is 5.82 Å². The third-order valence-corrected chi connectivity index (χ3v) is 9.96. The van der Waals surface area contributed by atoms with Gasteiger partial charge in [0.25, 0.3) is 0 Å². The Morgan fingerprint density at radius 1 is 1.11 bits per heavy atom. The molecule has 0 radical (unpaired) electrons. The van der Waals surface area contributed by atoms with Crippen LogP contribution in [-0.4, -0.2) is 19.6 Å². The standard InChI is InChI=1S/C22H26FNO2Si/c1-22(2,3)27(4,5)26-21-19-12-7-6-9-16(19)14-20(24(21)15-25)17-10-8-11-18(23)13-17/h6-15,21H,1-5H3. The Kier molecular flexibility index (Phi) is 5.10. The second-order valence-electron chi connectivity index (χ2n) is 8.41. The van der Waals surface area contributed by atoms with Gasteiger partial charge in [-0.15, -0.1) is 0 Å². The third-order valence-electron chi connectivity index (χ3n) is 5.53. The topological polar surface area (TPSA) is 29.5 Å². The van der Waals surface area contributed by atoms with Crippen LogP contribution in [0.1, 0.15) is 43.7 Å². The molecular formula is C22H26FNO2Si. The molecule has 1 aliphatic rings. The first-order valence-electron chi connectivity index (χ1n) is 9.12. The van der Waals surface area contributed by atoms with E-state index in [1.165, 1.54) is 12.1 Å². The van der Waals surface area contributed by atoms with Gasteiger partial charge in [-0.25, -0.2) is 4.39 Å². The van der Waals surface area contributed by atoms with Crippen molar-refractivity contribution in [2.75, 3.05) is 0 Å². The number of nitrogens with zero attached hydrogens (tertiary/aromatic N) is 1. The molecule has 5 heteroatoms. The summed E-state index contributed by atoms with van der Waals surface area (Å²) in [4.78, 5) is 13.7. The van der Waals surface area contributed by atoms with Gasteiger partial charge in [-0.05, 0) is 41.9 Å². The highest BCUT2D eigenvalue weighted by atomic mass is 28.4.